The van der Waals surface area contributed by atoms with Crippen LogP contribution < -0.4 is 0 Å². The fraction of sp³-hybridized carbons (Fsp3) is 0.909. The summed E-state index contributed by atoms with van der Waals surface area (Å²) in [6.45, 7) is 4.23. The molecule has 0 saturated heterocycles. The van der Waals surface area contributed by atoms with Crippen molar-refractivity contribution in [2.24, 2.45) is 0 Å². The Morgan fingerprint density at radius 3 is 2.31 bits per heavy atom. The van der Waals surface area contributed by atoms with Gasteiger partial charge in [-0.3, -0.25) is 4.79 Å². The van der Waals surface area contributed by atoms with Crippen molar-refractivity contribution in [1.29, 1.82) is 0 Å². The lowest BCUT2D eigenvalue weighted by molar-refractivity contribution is -0.129. The first kappa shape index (κ1) is 12.6. The maximum atomic E-state index is 11.5. The van der Waals surface area contributed by atoms with Gasteiger partial charge in [0.15, 0.2) is 5.78 Å². The van der Waals surface area contributed by atoms with Gasteiger partial charge >= 0.3 is 0 Å². The van der Waals surface area contributed by atoms with Gasteiger partial charge in [0.1, 0.15) is 6.10 Å². The van der Waals surface area contributed by atoms with Gasteiger partial charge < -0.3 is 4.74 Å². The van der Waals surface area contributed by atoms with E-state index in [1.165, 1.54) is 0 Å². The minimum Gasteiger partial charge on any atom is -0.374 e. The van der Waals surface area contributed by atoms with Crippen LogP contribution in [0, 0.1) is 0 Å². The van der Waals surface area contributed by atoms with E-state index in [1.54, 1.807) is 7.11 Å². The van der Waals surface area contributed by atoms with Crippen LogP contribution >= 0.6 is 0 Å². The van der Waals surface area contributed by atoms with Crippen LogP contribution in [0.2, 0.25) is 0 Å². The van der Waals surface area contributed by atoms with E-state index in [1.807, 2.05) is 0 Å². The van der Waals surface area contributed by atoms with E-state index >= 15 is 0 Å². The Morgan fingerprint density at radius 1 is 1.23 bits per heavy atom. The number of ketones is 1. The van der Waals surface area contributed by atoms with E-state index < -0.39 is 0 Å². The summed E-state index contributed by atoms with van der Waals surface area (Å²) >= 11 is 0. The van der Waals surface area contributed by atoms with Gasteiger partial charge in [-0.1, -0.05) is 33.1 Å². The molecule has 0 aliphatic heterocycles. The quantitative estimate of drug-likeness (QED) is 0.582. The average Bonchev–Trinajstić information content (AvgIpc) is 2.16. The highest BCUT2D eigenvalue weighted by atomic mass is 16.5. The highest BCUT2D eigenvalue weighted by molar-refractivity contribution is 5.82. The van der Waals surface area contributed by atoms with Crippen LogP contribution in [-0.4, -0.2) is 19.0 Å². The Balaban J connectivity index is 3.71. The largest absolute Gasteiger partial charge is 0.374 e. The Bertz CT molecular complexity index is 132. The molecule has 0 saturated carbocycles. The fourth-order valence-corrected chi connectivity index (χ4v) is 1.31. The van der Waals surface area contributed by atoms with Crippen molar-refractivity contribution in [3.63, 3.8) is 0 Å². The molecule has 2 heteroatoms. The monoisotopic (exact) mass is 186 g/mol. The van der Waals surface area contributed by atoms with Gasteiger partial charge in [0.05, 0.1) is 0 Å². The zero-order valence-corrected chi connectivity index (χ0v) is 9.14. The molecule has 0 N–H and O–H groups in total. The third-order valence-electron chi connectivity index (χ3n) is 2.24. The fourth-order valence-electron chi connectivity index (χ4n) is 1.31. The van der Waals surface area contributed by atoms with Gasteiger partial charge in [-0.25, -0.2) is 0 Å². The molecular formula is C11H22O2. The van der Waals surface area contributed by atoms with E-state index in [0.717, 1.165) is 32.1 Å². The number of hydrogen-bond donors (Lipinski definition) is 0. The van der Waals surface area contributed by atoms with Crippen molar-refractivity contribution < 1.29 is 9.53 Å². The summed E-state index contributed by atoms with van der Waals surface area (Å²) in [7, 11) is 1.63. The normalized spacial score (nSPS) is 12.8. The Labute approximate surface area is 81.7 Å². The number of ether oxygens (including phenoxy) is 1. The van der Waals surface area contributed by atoms with Crippen LogP contribution in [0.5, 0.6) is 0 Å². The molecule has 0 unspecified atom stereocenters. The van der Waals surface area contributed by atoms with Crippen LogP contribution in [-0.2, 0) is 9.53 Å². The van der Waals surface area contributed by atoms with Gasteiger partial charge in [-0.15, -0.1) is 0 Å². The van der Waals surface area contributed by atoms with E-state index in [4.69, 9.17) is 4.74 Å². The van der Waals surface area contributed by atoms with Crippen molar-refractivity contribution in [2.45, 2.75) is 58.5 Å². The molecule has 2 nitrogen and oxygen atoms in total. The molecule has 0 amide bonds. The number of hydrogen-bond acceptors (Lipinski definition) is 2. The first-order valence-corrected chi connectivity index (χ1v) is 5.31. The maximum Gasteiger partial charge on any atom is 0.161 e. The second-order valence-electron chi connectivity index (χ2n) is 3.44. The predicted molar refractivity (Wildman–Crippen MR) is 54.9 cm³/mol. The molecule has 0 spiro atoms. The van der Waals surface area contributed by atoms with Crippen molar-refractivity contribution in [1.82, 2.24) is 0 Å². The molecule has 0 aromatic carbocycles. The minimum absolute atomic E-state index is 0.147. The zero-order chi connectivity index (χ0) is 10.1. The molecule has 0 fully saturated rings. The Morgan fingerprint density at radius 2 is 1.85 bits per heavy atom. The van der Waals surface area contributed by atoms with Crippen molar-refractivity contribution in [2.75, 3.05) is 7.11 Å². The molecule has 13 heavy (non-hydrogen) atoms. The lowest BCUT2D eigenvalue weighted by Crippen LogP contribution is -2.22. The second-order valence-corrected chi connectivity index (χ2v) is 3.44. The molecule has 0 rings (SSSR count). The molecule has 0 bridgehead atoms. The SMILES string of the molecule is CCCCC(=O)[C@H](CCCC)OC. The molecule has 0 aliphatic carbocycles. The van der Waals surface area contributed by atoms with Crippen LogP contribution in [0.3, 0.4) is 0 Å². The third-order valence-corrected chi connectivity index (χ3v) is 2.24. The van der Waals surface area contributed by atoms with Crippen molar-refractivity contribution in [3.8, 4) is 0 Å². The average molecular weight is 186 g/mol. The molecule has 0 aromatic heterocycles. The summed E-state index contributed by atoms with van der Waals surface area (Å²) in [5.41, 5.74) is 0. The zero-order valence-electron chi connectivity index (χ0n) is 9.14. The molecule has 1 atom stereocenters. The summed E-state index contributed by atoms with van der Waals surface area (Å²) < 4.78 is 5.16. The van der Waals surface area contributed by atoms with Crippen LogP contribution in [0.1, 0.15) is 52.4 Å². The molecule has 78 valence electrons. The van der Waals surface area contributed by atoms with E-state index in [-0.39, 0.29) is 11.9 Å². The summed E-state index contributed by atoms with van der Waals surface area (Å²) in [5, 5.41) is 0. The summed E-state index contributed by atoms with van der Waals surface area (Å²) in [6.07, 6.45) is 5.69. The summed E-state index contributed by atoms with van der Waals surface area (Å²) in [4.78, 5) is 11.5. The third kappa shape index (κ3) is 5.81. The smallest absolute Gasteiger partial charge is 0.161 e. The highest BCUT2D eigenvalue weighted by Crippen LogP contribution is 2.09. The van der Waals surface area contributed by atoms with E-state index in [2.05, 4.69) is 13.8 Å². The number of carbonyl (C=O) groups is 1. The molecule has 0 aromatic rings. The number of rotatable bonds is 8. The van der Waals surface area contributed by atoms with Gasteiger partial charge in [0.2, 0.25) is 0 Å². The van der Waals surface area contributed by atoms with Gasteiger partial charge in [0, 0.05) is 13.5 Å². The summed E-state index contributed by atoms with van der Waals surface area (Å²) in [6, 6.07) is 0. The number of unbranched alkanes of at least 4 members (excludes halogenated alkanes) is 2. The lowest BCUT2D eigenvalue weighted by Gasteiger charge is -2.12. The lowest BCUT2D eigenvalue weighted by atomic mass is 10.0. The molecular weight excluding hydrogens is 164 g/mol. The summed E-state index contributed by atoms with van der Waals surface area (Å²) in [5.74, 6) is 0.276. The van der Waals surface area contributed by atoms with E-state index in [0.29, 0.717) is 6.42 Å². The van der Waals surface area contributed by atoms with Gasteiger partial charge in [-0.05, 0) is 12.8 Å². The topological polar surface area (TPSA) is 26.3 Å². The highest BCUT2D eigenvalue weighted by Gasteiger charge is 2.15. The van der Waals surface area contributed by atoms with Crippen molar-refractivity contribution in [3.05, 3.63) is 0 Å². The first-order valence-electron chi connectivity index (χ1n) is 5.31. The molecule has 0 heterocycles. The minimum atomic E-state index is -0.147. The standard InChI is InChI=1S/C11H22O2/c1-4-6-8-10(12)11(13-3)9-7-5-2/h11H,4-9H2,1-3H3/t11-/m0/s1. The number of carbonyl (C=O) groups excluding carboxylic acids is 1. The Kier molecular flexibility index (Phi) is 8.00. The second kappa shape index (κ2) is 8.24. The Hall–Kier alpha value is -0.370. The van der Waals surface area contributed by atoms with Crippen LogP contribution in [0.25, 0.3) is 0 Å². The molecule has 0 aliphatic rings. The molecule has 0 radical (unpaired) electrons. The maximum absolute atomic E-state index is 11.5. The number of methoxy groups -OCH3 is 1. The van der Waals surface area contributed by atoms with E-state index in [9.17, 15) is 4.79 Å². The van der Waals surface area contributed by atoms with Crippen molar-refractivity contribution >= 4 is 5.78 Å². The van der Waals surface area contributed by atoms with Crippen LogP contribution in [0.15, 0.2) is 0 Å². The predicted octanol–water partition coefficient (Wildman–Crippen LogP) is 2.95. The van der Waals surface area contributed by atoms with Gasteiger partial charge in [-0.2, -0.15) is 0 Å². The number of Topliss-reactive ketones (excluding diaryl/α,β-unsaturated/α-hetero) is 1. The van der Waals surface area contributed by atoms with Crippen LogP contribution in [0.4, 0.5) is 0 Å². The van der Waals surface area contributed by atoms with Gasteiger partial charge in [0.25, 0.3) is 0 Å². The first-order chi connectivity index (χ1) is 6.26.